The topological polar surface area (TPSA) is 78.7 Å². The van der Waals surface area contributed by atoms with Gasteiger partial charge in [-0.1, -0.05) is 0 Å². The maximum Gasteiger partial charge on any atom is 0.230 e. The van der Waals surface area contributed by atoms with E-state index in [2.05, 4.69) is 5.10 Å². The summed E-state index contributed by atoms with van der Waals surface area (Å²) in [5.74, 6) is 0.392. The lowest BCUT2D eigenvalue weighted by Crippen LogP contribution is -2.56. The normalized spacial score (nSPS) is 27.8. The fourth-order valence-electron chi connectivity index (χ4n) is 4.77. The Morgan fingerprint density at radius 2 is 2.08 bits per heavy atom. The fraction of sp³-hybridized carbons (Fsp3) is 0.737. The molecule has 3 heterocycles. The molecule has 1 saturated carbocycles. The summed E-state index contributed by atoms with van der Waals surface area (Å²) in [7, 11) is 0. The molecule has 7 nitrogen and oxygen atoms in total. The molecule has 3 aliphatic rings. The fourth-order valence-corrected chi connectivity index (χ4v) is 4.77. The number of hydrogen-bond acceptors (Lipinski definition) is 4. The van der Waals surface area contributed by atoms with Crippen molar-refractivity contribution in [3.8, 4) is 0 Å². The van der Waals surface area contributed by atoms with Crippen molar-refractivity contribution in [1.82, 2.24) is 19.6 Å². The summed E-state index contributed by atoms with van der Waals surface area (Å²) in [6, 6.07) is 1.89. The number of aromatic nitrogens is 2. The minimum absolute atomic E-state index is 0.00122. The molecule has 7 heteroatoms. The first-order valence-electron chi connectivity index (χ1n) is 9.71. The number of hydrogen-bond donors (Lipinski definition) is 1. The lowest BCUT2D eigenvalue weighted by atomic mass is 9.73. The highest BCUT2D eigenvalue weighted by molar-refractivity contribution is 5.85. The first-order valence-corrected chi connectivity index (χ1v) is 9.71. The molecule has 2 amide bonds. The van der Waals surface area contributed by atoms with Crippen molar-refractivity contribution in [2.24, 2.45) is 10.8 Å². The smallest absolute Gasteiger partial charge is 0.230 e. The predicted octanol–water partition coefficient (Wildman–Crippen LogP) is 0.887. The van der Waals surface area contributed by atoms with Gasteiger partial charge in [0.2, 0.25) is 11.8 Å². The van der Waals surface area contributed by atoms with Crippen LogP contribution in [0.3, 0.4) is 0 Å². The summed E-state index contributed by atoms with van der Waals surface area (Å²) < 4.78 is 1.87. The zero-order valence-electron chi connectivity index (χ0n) is 15.3. The quantitative estimate of drug-likeness (QED) is 0.846. The van der Waals surface area contributed by atoms with E-state index in [0.717, 1.165) is 45.2 Å². The molecule has 142 valence electrons. The second kappa shape index (κ2) is 6.68. The molecule has 3 fully saturated rings. The number of aliphatic hydroxyl groups is 1. The second-order valence-corrected chi connectivity index (χ2v) is 8.35. The molecule has 1 aliphatic carbocycles. The summed E-state index contributed by atoms with van der Waals surface area (Å²) in [4.78, 5) is 29.2. The molecule has 0 bridgehead atoms. The molecule has 2 saturated heterocycles. The van der Waals surface area contributed by atoms with Gasteiger partial charge >= 0.3 is 0 Å². The van der Waals surface area contributed by atoms with Crippen LogP contribution in [0, 0.1) is 10.8 Å². The van der Waals surface area contributed by atoms with Crippen LogP contribution < -0.4 is 0 Å². The number of likely N-dealkylation sites (tertiary alicyclic amines) is 2. The maximum absolute atomic E-state index is 13.3. The Labute approximate surface area is 153 Å². The number of amides is 2. The highest BCUT2D eigenvalue weighted by Gasteiger charge is 2.54. The third-order valence-electron chi connectivity index (χ3n) is 6.40. The Hall–Kier alpha value is -1.89. The van der Waals surface area contributed by atoms with Crippen molar-refractivity contribution in [2.75, 3.05) is 32.8 Å². The minimum Gasteiger partial charge on any atom is -0.395 e. The van der Waals surface area contributed by atoms with Crippen LogP contribution in [0.15, 0.2) is 18.5 Å². The van der Waals surface area contributed by atoms with Gasteiger partial charge in [-0.3, -0.25) is 14.3 Å². The van der Waals surface area contributed by atoms with Gasteiger partial charge in [-0.25, -0.2) is 0 Å². The van der Waals surface area contributed by atoms with Crippen LogP contribution in [0.1, 0.15) is 38.5 Å². The van der Waals surface area contributed by atoms with Crippen molar-refractivity contribution in [3.05, 3.63) is 18.5 Å². The molecular weight excluding hydrogens is 332 g/mol. The zero-order chi connectivity index (χ0) is 18.2. The van der Waals surface area contributed by atoms with Crippen LogP contribution in [0.5, 0.6) is 0 Å². The lowest BCUT2D eigenvalue weighted by molar-refractivity contribution is -0.146. The number of β-amino-alcohol motifs (C(OH)–C–C–N with tert-alkyl or cyclic N) is 1. The Bertz CT molecular complexity index is 670. The Balaban J connectivity index is 1.45. The number of carbonyl (C=O) groups is 2. The average Bonchev–Trinajstić information content (AvgIpc) is 3.24. The van der Waals surface area contributed by atoms with Gasteiger partial charge in [0.25, 0.3) is 0 Å². The second-order valence-electron chi connectivity index (χ2n) is 8.35. The van der Waals surface area contributed by atoms with E-state index < -0.39 is 0 Å². The van der Waals surface area contributed by atoms with Gasteiger partial charge in [-0.05, 0) is 38.2 Å². The van der Waals surface area contributed by atoms with Gasteiger partial charge < -0.3 is 14.9 Å². The first-order chi connectivity index (χ1) is 12.6. The number of carbonyl (C=O) groups excluding carboxylic acids is 2. The molecular formula is C19H28N4O3. The van der Waals surface area contributed by atoms with E-state index in [4.69, 9.17) is 0 Å². The van der Waals surface area contributed by atoms with E-state index in [1.54, 1.807) is 11.1 Å². The first kappa shape index (κ1) is 17.5. The van der Waals surface area contributed by atoms with E-state index in [1.165, 1.54) is 0 Å². The lowest BCUT2D eigenvalue weighted by Gasteiger charge is -2.48. The highest BCUT2D eigenvalue weighted by Crippen LogP contribution is 2.50. The number of aliphatic hydroxyl groups excluding tert-OH is 1. The van der Waals surface area contributed by atoms with Gasteiger partial charge in [0.1, 0.15) is 0 Å². The van der Waals surface area contributed by atoms with Crippen LogP contribution in [-0.2, 0) is 16.1 Å². The van der Waals surface area contributed by atoms with Crippen LogP contribution in [0.4, 0.5) is 0 Å². The van der Waals surface area contributed by atoms with Crippen LogP contribution in [0.2, 0.25) is 0 Å². The van der Waals surface area contributed by atoms with E-state index >= 15 is 0 Å². The minimum atomic E-state index is -0.278. The number of rotatable bonds is 5. The standard InChI is InChI=1S/C19H28N4O3/c24-12-11-21-13-18(5-3-16(21)25)4-1-9-22(14-18)17(26)19(6-7-19)15-23-10-2-8-20-23/h2,8,10,24H,1,3-7,9,11-15H2/t18-/m0/s1. The molecule has 1 spiro atoms. The zero-order valence-corrected chi connectivity index (χ0v) is 15.3. The molecule has 2 aliphatic heterocycles. The molecule has 0 radical (unpaired) electrons. The summed E-state index contributed by atoms with van der Waals surface area (Å²) in [6.07, 6.45) is 8.97. The summed E-state index contributed by atoms with van der Waals surface area (Å²) in [5.41, 5.74) is -0.279. The summed E-state index contributed by atoms with van der Waals surface area (Å²) >= 11 is 0. The number of piperidine rings is 2. The van der Waals surface area contributed by atoms with Gasteiger partial charge in [0.05, 0.1) is 18.6 Å². The van der Waals surface area contributed by atoms with E-state index in [9.17, 15) is 14.7 Å². The monoisotopic (exact) mass is 360 g/mol. The summed E-state index contributed by atoms with van der Waals surface area (Å²) in [5, 5.41) is 13.5. The van der Waals surface area contributed by atoms with Crippen molar-refractivity contribution in [2.45, 2.75) is 45.1 Å². The molecule has 1 atom stereocenters. The van der Waals surface area contributed by atoms with Crippen molar-refractivity contribution in [1.29, 1.82) is 0 Å². The van der Waals surface area contributed by atoms with E-state index in [0.29, 0.717) is 26.1 Å². The molecule has 26 heavy (non-hydrogen) atoms. The SMILES string of the molecule is O=C1CC[C@@]2(CCCN(C(=O)C3(Cn4cccn4)CC3)C2)CN1CCO. The third-order valence-corrected chi connectivity index (χ3v) is 6.40. The maximum atomic E-state index is 13.3. The van der Waals surface area contributed by atoms with Crippen molar-refractivity contribution >= 4 is 11.8 Å². The third kappa shape index (κ3) is 3.24. The van der Waals surface area contributed by atoms with Gasteiger partial charge in [0, 0.05) is 50.4 Å². The van der Waals surface area contributed by atoms with Gasteiger partial charge in [-0.15, -0.1) is 0 Å². The van der Waals surface area contributed by atoms with Crippen LogP contribution in [-0.4, -0.2) is 69.3 Å². The Kier molecular flexibility index (Phi) is 4.50. The summed E-state index contributed by atoms with van der Waals surface area (Å²) in [6.45, 7) is 3.28. The van der Waals surface area contributed by atoms with Crippen LogP contribution in [0.25, 0.3) is 0 Å². The molecule has 1 N–H and O–H groups in total. The predicted molar refractivity (Wildman–Crippen MR) is 95.0 cm³/mol. The van der Waals surface area contributed by atoms with Crippen LogP contribution >= 0.6 is 0 Å². The van der Waals surface area contributed by atoms with Crippen molar-refractivity contribution in [3.63, 3.8) is 0 Å². The van der Waals surface area contributed by atoms with Gasteiger partial charge in [0.15, 0.2) is 0 Å². The Morgan fingerprint density at radius 1 is 1.23 bits per heavy atom. The Morgan fingerprint density at radius 3 is 2.77 bits per heavy atom. The highest BCUT2D eigenvalue weighted by atomic mass is 16.3. The van der Waals surface area contributed by atoms with E-state index in [1.807, 2.05) is 21.8 Å². The number of nitrogens with zero attached hydrogens (tertiary/aromatic N) is 4. The molecule has 0 aromatic carbocycles. The molecule has 4 rings (SSSR count). The molecule has 1 aromatic rings. The molecule has 0 unspecified atom stereocenters. The van der Waals surface area contributed by atoms with Crippen molar-refractivity contribution < 1.29 is 14.7 Å². The average molecular weight is 360 g/mol. The molecule has 1 aromatic heterocycles. The van der Waals surface area contributed by atoms with E-state index in [-0.39, 0.29) is 29.3 Å². The largest absolute Gasteiger partial charge is 0.395 e. The van der Waals surface area contributed by atoms with Gasteiger partial charge in [-0.2, -0.15) is 5.10 Å².